The van der Waals surface area contributed by atoms with Crippen LogP contribution in [0, 0.1) is 0 Å². The number of carbonyl (C=O) groups excluding carboxylic acids is 2. The van der Waals surface area contributed by atoms with Gasteiger partial charge in [0.25, 0.3) is 0 Å². The summed E-state index contributed by atoms with van der Waals surface area (Å²) in [5.74, 6) is -1.45. The average molecular weight is 565 g/mol. The zero-order valence-corrected chi connectivity index (χ0v) is 26.4. The normalized spacial score (nSPS) is 17.2. The molecule has 40 heavy (non-hydrogen) atoms. The molecule has 6 nitrogen and oxygen atoms in total. The fraction of sp³-hybridized carbons (Fsp3) is 0.912. The van der Waals surface area contributed by atoms with Gasteiger partial charge >= 0.3 is 5.97 Å². The van der Waals surface area contributed by atoms with Crippen molar-refractivity contribution in [2.45, 2.75) is 199 Å². The Morgan fingerprint density at radius 1 is 0.650 bits per heavy atom. The van der Waals surface area contributed by atoms with Crippen LogP contribution >= 0.6 is 0 Å². The van der Waals surface area contributed by atoms with Gasteiger partial charge < -0.3 is 15.3 Å². The van der Waals surface area contributed by atoms with Gasteiger partial charge in [-0.2, -0.15) is 0 Å². The van der Waals surface area contributed by atoms with Crippen molar-refractivity contribution >= 4 is 17.8 Å². The van der Waals surface area contributed by atoms with Gasteiger partial charge in [-0.25, -0.2) is 4.79 Å². The number of aliphatic carboxylic acids is 1. The van der Waals surface area contributed by atoms with Gasteiger partial charge in [-0.15, -0.1) is 0 Å². The molecule has 1 aliphatic heterocycles. The lowest BCUT2D eigenvalue weighted by atomic mass is 10.0. The third-order valence-corrected chi connectivity index (χ3v) is 8.53. The zero-order chi connectivity index (χ0) is 29.3. The smallest absolute Gasteiger partial charge is 0.327 e. The number of rotatable bonds is 27. The maximum atomic E-state index is 13.1. The molecule has 0 saturated carbocycles. The monoisotopic (exact) mass is 564 g/mol. The van der Waals surface area contributed by atoms with Crippen molar-refractivity contribution in [2.75, 3.05) is 0 Å². The minimum Gasteiger partial charge on any atom is -0.480 e. The Morgan fingerprint density at radius 3 is 1.43 bits per heavy atom. The van der Waals surface area contributed by atoms with Crippen molar-refractivity contribution in [3.8, 4) is 0 Å². The highest BCUT2D eigenvalue weighted by atomic mass is 16.4. The van der Waals surface area contributed by atoms with Gasteiger partial charge in [-0.1, -0.05) is 155 Å². The number of carboxylic acid groups (broad SMARTS) is 1. The summed E-state index contributed by atoms with van der Waals surface area (Å²) < 4.78 is 0. The van der Waals surface area contributed by atoms with Gasteiger partial charge in [0, 0.05) is 6.42 Å². The van der Waals surface area contributed by atoms with Crippen molar-refractivity contribution in [2.24, 2.45) is 0 Å². The Balaban J connectivity index is 2.23. The lowest BCUT2D eigenvalue weighted by Gasteiger charge is -2.40. The molecule has 0 spiro atoms. The van der Waals surface area contributed by atoms with Gasteiger partial charge in [0.1, 0.15) is 12.2 Å². The summed E-state index contributed by atoms with van der Waals surface area (Å²) in [5.41, 5.74) is 0. The molecule has 0 aliphatic carbocycles. The van der Waals surface area contributed by atoms with E-state index in [9.17, 15) is 19.5 Å². The van der Waals surface area contributed by atoms with Gasteiger partial charge in [0.05, 0.1) is 6.42 Å². The maximum Gasteiger partial charge on any atom is 0.327 e. The van der Waals surface area contributed by atoms with Crippen LogP contribution in [0.4, 0.5) is 0 Å². The second kappa shape index (κ2) is 25.1. The van der Waals surface area contributed by atoms with E-state index in [2.05, 4.69) is 19.2 Å². The van der Waals surface area contributed by atoms with Crippen LogP contribution in [0.3, 0.4) is 0 Å². The van der Waals surface area contributed by atoms with E-state index in [1.807, 2.05) is 0 Å². The first-order valence-corrected chi connectivity index (χ1v) is 17.3. The van der Waals surface area contributed by atoms with Gasteiger partial charge in [-0.3, -0.25) is 9.59 Å². The topological polar surface area (TPSA) is 86.7 Å². The second-order valence-corrected chi connectivity index (χ2v) is 12.3. The van der Waals surface area contributed by atoms with Crippen LogP contribution in [0.15, 0.2) is 0 Å². The van der Waals surface area contributed by atoms with E-state index in [0.717, 1.165) is 38.5 Å². The molecule has 2 atom stereocenters. The summed E-state index contributed by atoms with van der Waals surface area (Å²) in [5, 5.41) is 12.7. The third kappa shape index (κ3) is 18.0. The van der Waals surface area contributed by atoms with Crippen molar-refractivity contribution < 1.29 is 19.5 Å². The third-order valence-electron chi connectivity index (χ3n) is 8.53. The molecular formula is C34H64N2O4. The highest BCUT2D eigenvalue weighted by molar-refractivity contribution is 5.91. The van der Waals surface area contributed by atoms with E-state index in [0.29, 0.717) is 12.8 Å². The number of carbonyl (C=O) groups is 3. The molecule has 1 aliphatic rings. The lowest BCUT2D eigenvalue weighted by Crippen LogP contribution is -2.62. The lowest BCUT2D eigenvalue weighted by molar-refractivity contribution is -0.159. The molecular weight excluding hydrogens is 500 g/mol. The Hall–Kier alpha value is -1.59. The van der Waals surface area contributed by atoms with E-state index in [1.165, 1.54) is 120 Å². The summed E-state index contributed by atoms with van der Waals surface area (Å²) >= 11 is 0. The first-order chi connectivity index (χ1) is 19.5. The number of hydrogen-bond donors (Lipinski definition) is 2. The summed E-state index contributed by atoms with van der Waals surface area (Å²) in [4.78, 5) is 38.8. The van der Waals surface area contributed by atoms with Crippen LogP contribution < -0.4 is 5.32 Å². The predicted octanol–water partition coefficient (Wildman–Crippen LogP) is 9.30. The molecule has 0 aromatic heterocycles. The highest BCUT2D eigenvalue weighted by Gasteiger charge is 2.40. The fourth-order valence-electron chi connectivity index (χ4n) is 6.00. The van der Waals surface area contributed by atoms with Gasteiger partial charge in [0.15, 0.2) is 0 Å². The van der Waals surface area contributed by atoms with Crippen LogP contribution in [-0.2, 0) is 14.4 Å². The molecule has 0 aromatic carbocycles. The first-order valence-electron chi connectivity index (χ1n) is 17.3. The Kier molecular flexibility index (Phi) is 22.9. The molecule has 1 fully saturated rings. The average Bonchev–Trinajstić information content (AvgIpc) is 2.93. The van der Waals surface area contributed by atoms with Crippen LogP contribution in [0.25, 0.3) is 0 Å². The molecule has 234 valence electrons. The van der Waals surface area contributed by atoms with E-state index >= 15 is 0 Å². The molecule has 6 heteroatoms. The molecule has 1 heterocycles. The number of nitrogens with zero attached hydrogens (tertiary/aromatic N) is 1. The van der Waals surface area contributed by atoms with E-state index < -0.39 is 18.2 Å². The number of nitrogens with one attached hydrogen (secondary N) is 1. The summed E-state index contributed by atoms with van der Waals surface area (Å²) in [7, 11) is 0. The zero-order valence-electron chi connectivity index (χ0n) is 26.4. The van der Waals surface area contributed by atoms with Crippen LogP contribution in [-0.4, -0.2) is 40.0 Å². The van der Waals surface area contributed by atoms with Crippen LogP contribution in [0.2, 0.25) is 0 Å². The van der Waals surface area contributed by atoms with Gasteiger partial charge in [-0.05, 0) is 19.3 Å². The molecule has 0 bridgehead atoms. The van der Waals surface area contributed by atoms with Crippen molar-refractivity contribution in [3.63, 3.8) is 0 Å². The largest absolute Gasteiger partial charge is 0.480 e. The second-order valence-electron chi connectivity index (χ2n) is 12.3. The first kappa shape index (κ1) is 36.4. The highest BCUT2D eigenvalue weighted by Crippen LogP contribution is 2.22. The molecule has 2 N–H and O–H groups in total. The summed E-state index contributed by atoms with van der Waals surface area (Å²) in [6.45, 7) is 4.50. The molecule has 0 unspecified atom stereocenters. The number of amides is 2. The van der Waals surface area contributed by atoms with Crippen LogP contribution in [0.5, 0.6) is 0 Å². The maximum absolute atomic E-state index is 13.1. The van der Waals surface area contributed by atoms with Crippen LogP contribution in [0.1, 0.15) is 187 Å². The quantitative estimate of drug-likeness (QED) is 0.0973. The Labute approximate surface area is 246 Å². The molecule has 2 amide bonds. The molecule has 0 aromatic rings. The SMILES string of the molecule is CCCCCCCCCCCCCCCCCC(=O)N1[C@@H](CCCCCCCCCCC)NC(=O)C[C@H]1C(=O)O. The van der Waals surface area contributed by atoms with Crippen molar-refractivity contribution in [3.05, 3.63) is 0 Å². The predicted molar refractivity (Wildman–Crippen MR) is 166 cm³/mol. The minimum atomic E-state index is -1.07. The molecule has 1 rings (SSSR count). The molecule has 0 radical (unpaired) electrons. The summed E-state index contributed by atoms with van der Waals surface area (Å²) in [6, 6.07) is -1.04. The fourth-order valence-corrected chi connectivity index (χ4v) is 6.00. The standard InChI is InChI=1S/C34H64N2O4/c1-3-5-7-9-11-13-14-15-16-17-18-20-22-24-26-28-33(38)36-30(34(39)40)29-32(37)35-31(36)27-25-23-21-19-12-10-8-6-4-2/h30-31H,3-29H2,1-2H3,(H,35,37)(H,39,40)/t30-,31-/m0/s1. The number of carboxylic acids is 1. The van der Waals surface area contributed by atoms with E-state index in [4.69, 9.17) is 0 Å². The van der Waals surface area contributed by atoms with E-state index in [-0.39, 0.29) is 18.2 Å². The number of hydrogen-bond acceptors (Lipinski definition) is 3. The Bertz CT molecular complexity index is 654. The molecule has 1 saturated heterocycles. The number of unbranched alkanes of at least 4 members (excludes halogenated alkanes) is 22. The van der Waals surface area contributed by atoms with Crippen molar-refractivity contribution in [1.29, 1.82) is 0 Å². The van der Waals surface area contributed by atoms with E-state index in [1.54, 1.807) is 0 Å². The Morgan fingerprint density at radius 2 is 1.02 bits per heavy atom. The van der Waals surface area contributed by atoms with Gasteiger partial charge in [0.2, 0.25) is 11.8 Å². The minimum absolute atomic E-state index is 0.122. The summed E-state index contributed by atoms with van der Waals surface area (Å²) in [6.07, 6.45) is 30.2. The van der Waals surface area contributed by atoms with Crippen molar-refractivity contribution in [1.82, 2.24) is 10.2 Å².